The van der Waals surface area contributed by atoms with Gasteiger partial charge in [-0.3, -0.25) is 9.59 Å². The Bertz CT molecular complexity index is 248. The van der Waals surface area contributed by atoms with E-state index in [2.05, 4.69) is 0 Å². The van der Waals surface area contributed by atoms with Crippen LogP contribution >= 0.6 is 0 Å². The molecule has 0 amide bonds. The molecule has 0 saturated carbocycles. The Hall–Kier alpha value is -1.06. The predicted octanol–water partition coefficient (Wildman–Crippen LogP) is 2.95. The van der Waals surface area contributed by atoms with Crippen molar-refractivity contribution in [3.05, 3.63) is 0 Å². The molecule has 0 aliphatic heterocycles. The monoisotopic (exact) mass is 258 g/mol. The summed E-state index contributed by atoms with van der Waals surface area (Å²) in [4.78, 5) is 23.4. The van der Waals surface area contributed by atoms with Gasteiger partial charge in [-0.05, 0) is 25.2 Å². The van der Waals surface area contributed by atoms with Crippen molar-refractivity contribution in [2.75, 3.05) is 13.2 Å². The first-order valence-corrected chi connectivity index (χ1v) is 6.83. The standard InChI is InChI=1S/C14H26O4/c1-5-7-17-13(15)10-12(9-11(3)4)14(16)18-8-6-2/h11-12H,5-10H2,1-4H3. The highest BCUT2D eigenvalue weighted by molar-refractivity contribution is 5.79. The lowest BCUT2D eigenvalue weighted by Crippen LogP contribution is -2.24. The average Bonchev–Trinajstić information content (AvgIpc) is 2.32. The van der Waals surface area contributed by atoms with Crippen LogP contribution in [-0.4, -0.2) is 25.2 Å². The maximum Gasteiger partial charge on any atom is 0.309 e. The maximum absolute atomic E-state index is 11.8. The second kappa shape index (κ2) is 9.92. The van der Waals surface area contributed by atoms with Gasteiger partial charge in [-0.2, -0.15) is 0 Å². The van der Waals surface area contributed by atoms with E-state index in [0.717, 1.165) is 12.8 Å². The van der Waals surface area contributed by atoms with Crippen molar-refractivity contribution in [3.8, 4) is 0 Å². The molecule has 18 heavy (non-hydrogen) atoms. The first kappa shape index (κ1) is 16.9. The van der Waals surface area contributed by atoms with Crippen LogP contribution in [0, 0.1) is 11.8 Å². The number of carbonyl (C=O) groups is 2. The van der Waals surface area contributed by atoms with Gasteiger partial charge in [-0.25, -0.2) is 0 Å². The molecule has 0 aromatic rings. The lowest BCUT2D eigenvalue weighted by atomic mass is 9.94. The summed E-state index contributed by atoms with van der Waals surface area (Å²) in [5.41, 5.74) is 0. The fourth-order valence-corrected chi connectivity index (χ4v) is 1.63. The largest absolute Gasteiger partial charge is 0.466 e. The van der Waals surface area contributed by atoms with E-state index in [1.165, 1.54) is 0 Å². The lowest BCUT2D eigenvalue weighted by molar-refractivity contribution is -0.155. The fraction of sp³-hybridized carbons (Fsp3) is 0.857. The Labute approximate surface area is 110 Å². The van der Waals surface area contributed by atoms with Gasteiger partial charge in [-0.1, -0.05) is 27.7 Å². The molecule has 0 spiro atoms. The number of ether oxygens (including phenoxy) is 2. The molecule has 1 unspecified atom stereocenters. The summed E-state index contributed by atoms with van der Waals surface area (Å²) < 4.78 is 10.1. The minimum atomic E-state index is -0.374. The lowest BCUT2D eigenvalue weighted by Gasteiger charge is -2.17. The highest BCUT2D eigenvalue weighted by Crippen LogP contribution is 2.18. The zero-order valence-electron chi connectivity index (χ0n) is 12.0. The Morgan fingerprint density at radius 2 is 1.56 bits per heavy atom. The third-order valence-electron chi connectivity index (χ3n) is 2.42. The molecule has 0 aliphatic rings. The van der Waals surface area contributed by atoms with Crippen LogP contribution < -0.4 is 0 Å². The fourth-order valence-electron chi connectivity index (χ4n) is 1.63. The van der Waals surface area contributed by atoms with Crippen molar-refractivity contribution >= 4 is 11.9 Å². The zero-order valence-corrected chi connectivity index (χ0v) is 12.0. The van der Waals surface area contributed by atoms with E-state index in [1.54, 1.807) is 0 Å². The van der Waals surface area contributed by atoms with Crippen LogP contribution in [0.2, 0.25) is 0 Å². The maximum atomic E-state index is 11.8. The number of hydrogen-bond donors (Lipinski definition) is 0. The quantitative estimate of drug-likeness (QED) is 0.597. The van der Waals surface area contributed by atoms with Crippen molar-refractivity contribution in [2.24, 2.45) is 11.8 Å². The molecule has 0 fully saturated rings. The van der Waals surface area contributed by atoms with Gasteiger partial charge in [0.2, 0.25) is 0 Å². The van der Waals surface area contributed by atoms with Gasteiger partial charge in [-0.15, -0.1) is 0 Å². The molecule has 0 rings (SSSR count). The van der Waals surface area contributed by atoms with Gasteiger partial charge >= 0.3 is 11.9 Å². The van der Waals surface area contributed by atoms with Crippen LogP contribution in [0.4, 0.5) is 0 Å². The Balaban J connectivity index is 4.29. The molecule has 4 nitrogen and oxygen atoms in total. The van der Waals surface area contributed by atoms with Crippen molar-refractivity contribution in [2.45, 2.75) is 53.4 Å². The molecule has 0 N–H and O–H groups in total. The average molecular weight is 258 g/mol. The summed E-state index contributed by atoms with van der Waals surface area (Å²) >= 11 is 0. The third kappa shape index (κ3) is 8.09. The molecule has 1 atom stereocenters. The van der Waals surface area contributed by atoms with Crippen LogP contribution in [0.1, 0.15) is 53.4 Å². The summed E-state index contributed by atoms with van der Waals surface area (Å²) in [6, 6.07) is 0. The predicted molar refractivity (Wildman–Crippen MR) is 70.1 cm³/mol. The minimum absolute atomic E-state index is 0.126. The SMILES string of the molecule is CCCOC(=O)CC(CC(C)C)C(=O)OCCC. The first-order valence-electron chi connectivity index (χ1n) is 6.83. The summed E-state index contributed by atoms with van der Waals surface area (Å²) in [6.07, 6.45) is 2.37. The van der Waals surface area contributed by atoms with Crippen molar-refractivity contribution in [3.63, 3.8) is 0 Å². The van der Waals surface area contributed by atoms with Crippen LogP contribution in [0.15, 0.2) is 0 Å². The number of carbonyl (C=O) groups excluding carboxylic acids is 2. The Morgan fingerprint density at radius 1 is 1.00 bits per heavy atom. The van der Waals surface area contributed by atoms with E-state index in [4.69, 9.17) is 9.47 Å². The van der Waals surface area contributed by atoms with E-state index < -0.39 is 0 Å². The summed E-state index contributed by atoms with van der Waals surface area (Å²) in [5, 5.41) is 0. The van der Waals surface area contributed by atoms with Gasteiger partial charge in [0.1, 0.15) is 0 Å². The summed E-state index contributed by atoms with van der Waals surface area (Å²) in [6.45, 7) is 8.76. The molecule has 106 valence electrons. The van der Waals surface area contributed by atoms with Crippen LogP contribution in [0.25, 0.3) is 0 Å². The van der Waals surface area contributed by atoms with Crippen LogP contribution in [0.5, 0.6) is 0 Å². The van der Waals surface area contributed by atoms with Gasteiger partial charge in [0.25, 0.3) is 0 Å². The van der Waals surface area contributed by atoms with E-state index >= 15 is 0 Å². The molecular formula is C14H26O4. The summed E-state index contributed by atoms with van der Waals surface area (Å²) in [5.74, 6) is -0.612. The smallest absolute Gasteiger partial charge is 0.309 e. The van der Waals surface area contributed by atoms with Crippen LogP contribution in [-0.2, 0) is 19.1 Å². The normalized spacial score (nSPS) is 12.3. The Morgan fingerprint density at radius 3 is 2.06 bits per heavy atom. The van der Waals surface area contributed by atoms with Gasteiger partial charge in [0.05, 0.1) is 25.6 Å². The number of hydrogen-bond acceptors (Lipinski definition) is 4. The second-order valence-corrected chi connectivity index (χ2v) is 4.92. The van der Waals surface area contributed by atoms with E-state index in [9.17, 15) is 9.59 Å². The molecule has 0 radical (unpaired) electrons. The molecule has 4 heteroatoms. The van der Waals surface area contributed by atoms with Crippen molar-refractivity contribution in [1.29, 1.82) is 0 Å². The third-order valence-corrected chi connectivity index (χ3v) is 2.42. The van der Waals surface area contributed by atoms with E-state index in [0.29, 0.717) is 25.6 Å². The van der Waals surface area contributed by atoms with Crippen molar-refractivity contribution in [1.82, 2.24) is 0 Å². The van der Waals surface area contributed by atoms with Gasteiger partial charge < -0.3 is 9.47 Å². The molecular weight excluding hydrogens is 232 g/mol. The second-order valence-electron chi connectivity index (χ2n) is 4.92. The molecule has 0 aromatic carbocycles. The molecule has 0 saturated heterocycles. The van der Waals surface area contributed by atoms with Gasteiger partial charge in [0, 0.05) is 0 Å². The van der Waals surface area contributed by atoms with Gasteiger partial charge in [0.15, 0.2) is 0 Å². The van der Waals surface area contributed by atoms with Crippen LogP contribution in [0.3, 0.4) is 0 Å². The zero-order chi connectivity index (χ0) is 14.0. The molecule has 0 aliphatic carbocycles. The Kier molecular flexibility index (Phi) is 9.33. The first-order chi connectivity index (χ1) is 8.51. The highest BCUT2D eigenvalue weighted by atomic mass is 16.5. The minimum Gasteiger partial charge on any atom is -0.466 e. The number of rotatable bonds is 9. The van der Waals surface area contributed by atoms with E-state index in [-0.39, 0.29) is 24.3 Å². The topological polar surface area (TPSA) is 52.6 Å². The highest BCUT2D eigenvalue weighted by Gasteiger charge is 2.24. The molecule has 0 aromatic heterocycles. The molecule has 0 heterocycles. The summed E-state index contributed by atoms with van der Waals surface area (Å²) in [7, 11) is 0. The molecule has 0 bridgehead atoms. The number of esters is 2. The van der Waals surface area contributed by atoms with Crippen molar-refractivity contribution < 1.29 is 19.1 Å². The van der Waals surface area contributed by atoms with E-state index in [1.807, 2.05) is 27.7 Å².